The largest absolute Gasteiger partial charge is 0.353 e. The molecule has 8 nitrogen and oxygen atoms in total. The maximum atomic E-state index is 12.4. The highest BCUT2D eigenvalue weighted by atomic mass is 32.2. The van der Waals surface area contributed by atoms with E-state index in [0.717, 1.165) is 12.2 Å². The van der Waals surface area contributed by atoms with Crippen molar-refractivity contribution in [3.05, 3.63) is 0 Å². The van der Waals surface area contributed by atoms with E-state index in [1.165, 1.54) is 0 Å². The van der Waals surface area contributed by atoms with Crippen LogP contribution in [0.3, 0.4) is 0 Å². The standard InChI is InChI=1S/C18H30N2O6S/c1-16(2)22-8-11(24-16)12-18(13-15(23-12)26-17(3,4)25-13)9-19-14(21)10(20-18)6-7-27-5/h10-13,15,20H,6-9H2,1-5H3,(H,19,21)/t10-,11+,12+,13-,15+,18+/m0/s1. The van der Waals surface area contributed by atoms with E-state index in [2.05, 4.69) is 10.6 Å². The number of thioether (sulfide) groups is 1. The van der Waals surface area contributed by atoms with Gasteiger partial charge in [0.1, 0.15) is 18.3 Å². The number of fused-ring (bicyclic) bond motifs is 2. The molecule has 1 spiro atoms. The third kappa shape index (κ3) is 3.52. The van der Waals surface area contributed by atoms with Gasteiger partial charge in [-0.15, -0.1) is 0 Å². The predicted molar refractivity (Wildman–Crippen MR) is 99.3 cm³/mol. The number of amides is 1. The Balaban J connectivity index is 1.63. The summed E-state index contributed by atoms with van der Waals surface area (Å²) in [5.74, 6) is -0.500. The molecule has 0 bridgehead atoms. The number of carbonyl (C=O) groups excluding carboxylic acids is 1. The molecule has 4 aliphatic rings. The average Bonchev–Trinajstić information content (AvgIpc) is 3.18. The Labute approximate surface area is 164 Å². The van der Waals surface area contributed by atoms with Gasteiger partial charge >= 0.3 is 0 Å². The van der Waals surface area contributed by atoms with Crippen LogP contribution in [0.2, 0.25) is 0 Å². The van der Waals surface area contributed by atoms with Crippen LogP contribution >= 0.6 is 11.8 Å². The molecule has 4 saturated heterocycles. The third-order valence-electron chi connectivity index (χ3n) is 5.65. The molecule has 154 valence electrons. The van der Waals surface area contributed by atoms with E-state index < -0.39 is 23.4 Å². The second-order valence-corrected chi connectivity index (χ2v) is 9.57. The lowest BCUT2D eigenvalue weighted by Crippen LogP contribution is -2.75. The summed E-state index contributed by atoms with van der Waals surface area (Å²) in [6, 6.07) is -0.307. The van der Waals surface area contributed by atoms with E-state index in [1.807, 2.05) is 34.0 Å². The van der Waals surface area contributed by atoms with Gasteiger partial charge in [0, 0.05) is 6.54 Å². The molecule has 27 heavy (non-hydrogen) atoms. The van der Waals surface area contributed by atoms with Gasteiger partial charge < -0.3 is 29.0 Å². The molecule has 4 fully saturated rings. The maximum absolute atomic E-state index is 12.4. The van der Waals surface area contributed by atoms with Crippen LogP contribution in [0.4, 0.5) is 0 Å². The molecule has 2 N–H and O–H groups in total. The minimum absolute atomic E-state index is 0.0129. The lowest BCUT2D eigenvalue weighted by Gasteiger charge is -2.46. The van der Waals surface area contributed by atoms with Gasteiger partial charge in [-0.3, -0.25) is 10.1 Å². The van der Waals surface area contributed by atoms with Crippen LogP contribution in [-0.2, 0) is 28.5 Å². The third-order valence-corrected chi connectivity index (χ3v) is 6.29. The molecular weight excluding hydrogens is 372 g/mol. The topological polar surface area (TPSA) is 87.3 Å². The molecule has 6 atom stereocenters. The SMILES string of the molecule is CSCC[C@@H]1N[C@]2(CNC1=O)[C@@H]([C@H]1COC(C)(C)O1)O[C@@H]1OC(C)(C)O[C@@H]12. The van der Waals surface area contributed by atoms with Crippen LogP contribution < -0.4 is 10.6 Å². The van der Waals surface area contributed by atoms with E-state index >= 15 is 0 Å². The van der Waals surface area contributed by atoms with E-state index in [1.54, 1.807) is 11.8 Å². The predicted octanol–water partition coefficient (Wildman–Crippen LogP) is 0.594. The Kier molecular flexibility index (Phi) is 5.03. The van der Waals surface area contributed by atoms with Gasteiger partial charge in [-0.05, 0) is 46.1 Å². The Morgan fingerprint density at radius 1 is 1.11 bits per heavy atom. The van der Waals surface area contributed by atoms with Crippen molar-refractivity contribution in [3.63, 3.8) is 0 Å². The average molecular weight is 403 g/mol. The minimum Gasteiger partial charge on any atom is -0.353 e. The molecule has 9 heteroatoms. The van der Waals surface area contributed by atoms with Crippen LogP contribution in [0.15, 0.2) is 0 Å². The van der Waals surface area contributed by atoms with Crippen LogP contribution in [0.25, 0.3) is 0 Å². The summed E-state index contributed by atoms with van der Waals surface area (Å²) >= 11 is 1.72. The Morgan fingerprint density at radius 3 is 2.56 bits per heavy atom. The van der Waals surface area contributed by atoms with Gasteiger partial charge in [-0.2, -0.15) is 11.8 Å². The number of carbonyl (C=O) groups is 1. The summed E-state index contributed by atoms with van der Waals surface area (Å²) in [5.41, 5.74) is -0.635. The maximum Gasteiger partial charge on any atom is 0.237 e. The molecule has 0 unspecified atom stereocenters. The number of hydrogen-bond acceptors (Lipinski definition) is 8. The summed E-state index contributed by atoms with van der Waals surface area (Å²) in [6.07, 6.45) is 1.28. The van der Waals surface area contributed by atoms with Gasteiger partial charge in [-0.1, -0.05) is 0 Å². The summed E-state index contributed by atoms with van der Waals surface area (Å²) < 4.78 is 30.4. The zero-order valence-corrected chi connectivity index (χ0v) is 17.4. The van der Waals surface area contributed by atoms with E-state index in [-0.39, 0.29) is 30.3 Å². The molecule has 0 radical (unpaired) electrons. The fraction of sp³-hybridized carbons (Fsp3) is 0.944. The molecule has 0 aromatic carbocycles. The van der Waals surface area contributed by atoms with E-state index in [0.29, 0.717) is 13.2 Å². The zero-order chi connectivity index (χ0) is 19.4. The Bertz CT molecular complexity index is 602. The highest BCUT2D eigenvalue weighted by Gasteiger charge is 2.67. The molecule has 4 rings (SSSR count). The zero-order valence-electron chi connectivity index (χ0n) is 16.6. The van der Waals surface area contributed by atoms with Crippen molar-refractivity contribution in [2.75, 3.05) is 25.2 Å². The number of nitrogens with one attached hydrogen (secondary N) is 2. The van der Waals surface area contributed by atoms with Gasteiger partial charge in [0.05, 0.1) is 18.2 Å². The summed E-state index contributed by atoms with van der Waals surface area (Å²) in [6.45, 7) is 8.36. The molecule has 0 aromatic rings. The summed E-state index contributed by atoms with van der Waals surface area (Å²) in [5, 5.41) is 6.65. The fourth-order valence-corrected chi connectivity index (χ4v) is 4.96. The van der Waals surface area contributed by atoms with E-state index in [9.17, 15) is 4.79 Å². The number of ether oxygens (including phenoxy) is 5. The van der Waals surface area contributed by atoms with Crippen LogP contribution in [0.5, 0.6) is 0 Å². The molecule has 4 aliphatic heterocycles. The minimum atomic E-state index is -0.739. The van der Waals surface area contributed by atoms with E-state index in [4.69, 9.17) is 23.7 Å². The van der Waals surface area contributed by atoms with Gasteiger partial charge in [0.25, 0.3) is 0 Å². The van der Waals surface area contributed by atoms with Crippen molar-refractivity contribution in [1.82, 2.24) is 10.6 Å². The number of piperazine rings is 1. The first-order valence-corrected chi connectivity index (χ1v) is 10.9. The normalized spacial score (nSPS) is 45.2. The van der Waals surface area contributed by atoms with Crippen LogP contribution in [0.1, 0.15) is 34.1 Å². The molecular formula is C18H30N2O6S. The molecule has 0 aliphatic carbocycles. The lowest BCUT2D eigenvalue weighted by molar-refractivity contribution is -0.232. The van der Waals surface area contributed by atoms with Crippen molar-refractivity contribution < 1.29 is 28.5 Å². The Hall–Kier alpha value is -0.420. The highest BCUT2D eigenvalue weighted by molar-refractivity contribution is 7.98. The van der Waals surface area contributed by atoms with Crippen molar-refractivity contribution in [1.29, 1.82) is 0 Å². The van der Waals surface area contributed by atoms with Gasteiger partial charge in [-0.25, -0.2) is 0 Å². The van der Waals surface area contributed by atoms with Crippen molar-refractivity contribution >= 4 is 17.7 Å². The first kappa shape index (κ1) is 19.9. The lowest BCUT2D eigenvalue weighted by atomic mass is 9.82. The first-order chi connectivity index (χ1) is 12.7. The quantitative estimate of drug-likeness (QED) is 0.707. The monoisotopic (exact) mass is 402 g/mol. The number of hydrogen-bond donors (Lipinski definition) is 2. The number of rotatable bonds is 4. The second-order valence-electron chi connectivity index (χ2n) is 8.58. The van der Waals surface area contributed by atoms with Crippen molar-refractivity contribution in [3.8, 4) is 0 Å². The van der Waals surface area contributed by atoms with Crippen molar-refractivity contribution in [2.45, 2.75) is 81.9 Å². The Morgan fingerprint density at radius 2 is 1.89 bits per heavy atom. The summed E-state index contributed by atoms with van der Waals surface area (Å²) in [7, 11) is 0. The molecule has 4 heterocycles. The second kappa shape index (κ2) is 6.83. The van der Waals surface area contributed by atoms with Crippen molar-refractivity contribution in [2.24, 2.45) is 0 Å². The first-order valence-electron chi connectivity index (χ1n) is 9.53. The van der Waals surface area contributed by atoms with Crippen LogP contribution in [0, 0.1) is 0 Å². The molecule has 0 saturated carbocycles. The smallest absolute Gasteiger partial charge is 0.237 e. The highest BCUT2D eigenvalue weighted by Crippen LogP contribution is 2.46. The van der Waals surface area contributed by atoms with Crippen LogP contribution in [-0.4, -0.2) is 78.8 Å². The summed E-state index contributed by atoms with van der Waals surface area (Å²) in [4.78, 5) is 12.4. The van der Waals surface area contributed by atoms with Gasteiger partial charge in [0.15, 0.2) is 17.9 Å². The molecule has 1 amide bonds. The fourth-order valence-electron chi connectivity index (χ4n) is 4.49. The molecule has 0 aromatic heterocycles. The van der Waals surface area contributed by atoms with Gasteiger partial charge in [0.2, 0.25) is 5.91 Å².